The summed E-state index contributed by atoms with van der Waals surface area (Å²) in [5.41, 5.74) is 0. The van der Waals surface area contributed by atoms with E-state index < -0.39 is 0 Å². The lowest BCUT2D eigenvalue weighted by atomic mass is 10.1. The number of phenolic OH excluding ortho intramolecular Hbond substituents is 4. The van der Waals surface area contributed by atoms with E-state index >= 15 is 0 Å². The quantitative estimate of drug-likeness (QED) is 0.360. The van der Waals surface area contributed by atoms with Gasteiger partial charge in [-0.25, -0.2) is 0 Å². The minimum Gasteiger partial charge on any atom is -0.504 e. The van der Waals surface area contributed by atoms with Gasteiger partial charge in [-0.2, -0.15) is 0 Å². The van der Waals surface area contributed by atoms with Gasteiger partial charge in [-0.3, -0.25) is 0 Å². The van der Waals surface area contributed by atoms with Crippen molar-refractivity contribution in [2.75, 3.05) is 0 Å². The molecule has 0 heterocycles. The van der Waals surface area contributed by atoms with E-state index in [2.05, 4.69) is 0 Å². The van der Waals surface area contributed by atoms with E-state index in [0.29, 0.717) is 5.39 Å². The summed E-state index contributed by atoms with van der Waals surface area (Å²) in [7, 11) is 0. The first-order valence-electron chi connectivity index (χ1n) is 7.36. The van der Waals surface area contributed by atoms with Gasteiger partial charge in [0.2, 0.25) is 0 Å². The molecule has 120 valence electrons. The average molecular weight is 320 g/mol. The molecule has 4 nitrogen and oxygen atoms in total. The van der Waals surface area contributed by atoms with Gasteiger partial charge < -0.3 is 20.4 Å². The number of hydrogen-bond donors (Lipinski definition) is 4. The molecule has 4 N–H and O–H groups in total. The van der Waals surface area contributed by atoms with Crippen molar-refractivity contribution in [3.8, 4) is 23.0 Å². The van der Waals surface area contributed by atoms with Crippen LogP contribution in [0.15, 0.2) is 72.8 Å². The van der Waals surface area contributed by atoms with Crippen LogP contribution in [0.1, 0.15) is 0 Å². The Bertz CT molecular complexity index is 960. The predicted octanol–water partition coefficient (Wildman–Crippen LogP) is 4.50. The molecule has 4 aromatic rings. The third-order valence-corrected chi connectivity index (χ3v) is 3.72. The lowest BCUT2D eigenvalue weighted by molar-refractivity contribution is 0.405. The zero-order chi connectivity index (χ0) is 17.1. The van der Waals surface area contributed by atoms with Crippen LogP contribution in [-0.2, 0) is 0 Å². The Kier molecular flexibility index (Phi) is 4.12. The van der Waals surface area contributed by atoms with Crippen molar-refractivity contribution in [3.05, 3.63) is 72.8 Å². The van der Waals surface area contributed by atoms with Crippen LogP contribution < -0.4 is 0 Å². The molecular weight excluding hydrogens is 304 g/mol. The zero-order valence-corrected chi connectivity index (χ0v) is 12.7. The van der Waals surface area contributed by atoms with Crippen molar-refractivity contribution in [2.24, 2.45) is 0 Å². The smallest absolute Gasteiger partial charge is 0.165 e. The highest BCUT2D eigenvalue weighted by atomic mass is 16.3. The summed E-state index contributed by atoms with van der Waals surface area (Å²) in [5, 5.41) is 40.4. The van der Waals surface area contributed by atoms with Crippen molar-refractivity contribution in [2.45, 2.75) is 0 Å². The Labute approximate surface area is 138 Å². The summed E-state index contributed by atoms with van der Waals surface area (Å²) in [4.78, 5) is 0. The van der Waals surface area contributed by atoms with Gasteiger partial charge in [-0.15, -0.1) is 0 Å². The molecule has 0 aliphatic rings. The van der Waals surface area contributed by atoms with Crippen LogP contribution in [0, 0.1) is 0 Å². The molecule has 0 unspecified atom stereocenters. The Morgan fingerprint density at radius 2 is 0.958 bits per heavy atom. The summed E-state index contributed by atoms with van der Waals surface area (Å²) in [6, 6.07) is 21.2. The van der Waals surface area contributed by atoms with Gasteiger partial charge >= 0.3 is 0 Å². The van der Waals surface area contributed by atoms with Crippen molar-refractivity contribution < 1.29 is 20.4 Å². The second-order valence-electron chi connectivity index (χ2n) is 5.34. The van der Waals surface area contributed by atoms with Gasteiger partial charge in [0.15, 0.2) is 23.0 Å². The summed E-state index contributed by atoms with van der Waals surface area (Å²) in [6.45, 7) is 0. The minimum absolute atomic E-state index is 0.0481. The number of benzene rings is 4. The SMILES string of the molecule is Oc1cc2ccccc2cc1O.Oc1ccc2ccccc2c1O. The van der Waals surface area contributed by atoms with Crippen molar-refractivity contribution in [1.29, 1.82) is 0 Å². The Morgan fingerprint density at radius 1 is 0.458 bits per heavy atom. The van der Waals surface area contributed by atoms with Crippen LogP contribution in [0.5, 0.6) is 23.0 Å². The molecule has 0 spiro atoms. The molecule has 0 aromatic heterocycles. The van der Waals surface area contributed by atoms with Gasteiger partial charge in [0.25, 0.3) is 0 Å². The molecule has 0 bridgehead atoms. The van der Waals surface area contributed by atoms with Gasteiger partial charge in [0, 0.05) is 5.39 Å². The summed E-state index contributed by atoms with van der Waals surface area (Å²) >= 11 is 0. The van der Waals surface area contributed by atoms with E-state index in [1.807, 2.05) is 42.5 Å². The number of rotatable bonds is 0. The van der Waals surface area contributed by atoms with Crippen LogP contribution >= 0.6 is 0 Å². The van der Waals surface area contributed by atoms with Crippen LogP contribution in [0.2, 0.25) is 0 Å². The highest BCUT2D eigenvalue weighted by molar-refractivity contribution is 5.90. The van der Waals surface area contributed by atoms with Crippen LogP contribution in [0.3, 0.4) is 0 Å². The molecule has 0 saturated carbocycles. The maximum Gasteiger partial charge on any atom is 0.165 e. The van der Waals surface area contributed by atoms with Crippen molar-refractivity contribution in [3.63, 3.8) is 0 Å². The summed E-state index contributed by atoms with van der Waals surface area (Å²) in [6.07, 6.45) is 0. The van der Waals surface area contributed by atoms with Gasteiger partial charge in [-0.05, 0) is 34.4 Å². The first-order chi connectivity index (χ1) is 11.6. The Hall–Kier alpha value is -3.40. The molecule has 4 rings (SSSR count). The molecule has 0 atom stereocenters. The fraction of sp³-hybridized carbons (Fsp3) is 0. The normalized spacial score (nSPS) is 10.3. The second-order valence-corrected chi connectivity index (χ2v) is 5.34. The Balaban J connectivity index is 0.000000141. The maximum atomic E-state index is 9.41. The van der Waals surface area contributed by atoms with Gasteiger partial charge in [0.05, 0.1) is 0 Å². The van der Waals surface area contributed by atoms with E-state index in [-0.39, 0.29) is 23.0 Å². The Morgan fingerprint density at radius 3 is 1.54 bits per heavy atom. The van der Waals surface area contributed by atoms with Crippen LogP contribution in [0.4, 0.5) is 0 Å². The molecule has 24 heavy (non-hydrogen) atoms. The molecular formula is C20H16O4. The third kappa shape index (κ3) is 3.03. The number of phenols is 4. The number of hydrogen-bond acceptors (Lipinski definition) is 4. The predicted molar refractivity (Wildman–Crippen MR) is 94.6 cm³/mol. The first kappa shape index (κ1) is 15.5. The first-order valence-corrected chi connectivity index (χ1v) is 7.36. The summed E-state index contributed by atoms with van der Waals surface area (Å²) < 4.78 is 0. The molecule has 0 aliphatic heterocycles. The fourth-order valence-electron chi connectivity index (χ4n) is 2.46. The molecule has 0 aliphatic carbocycles. The van der Waals surface area contributed by atoms with E-state index in [0.717, 1.165) is 16.2 Å². The van der Waals surface area contributed by atoms with E-state index in [1.54, 1.807) is 24.3 Å². The molecule has 0 amide bonds. The molecule has 0 radical (unpaired) electrons. The number of aromatic hydroxyl groups is 4. The lowest BCUT2D eigenvalue weighted by Gasteiger charge is -2.01. The summed E-state index contributed by atoms with van der Waals surface area (Å²) in [5.74, 6) is -0.274. The van der Waals surface area contributed by atoms with E-state index in [1.165, 1.54) is 6.07 Å². The van der Waals surface area contributed by atoms with E-state index in [4.69, 9.17) is 15.3 Å². The average Bonchev–Trinajstić information content (AvgIpc) is 2.60. The molecule has 0 saturated heterocycles. The minimum atomic E-state index is -0.0753. The standard InChI is InChI=1S/2C10H8O2/c11-9-5-7-3-1-2-4-8(7)6-10(9)12;11-9-6-5-7-3-1-2-4-8(7)10(9)12/h2*1-6,11-12H. The second kappa shape index (κ2) is 6.38. The van der Waals surface area contributed by atoms with Gasteiger partial charge in [0.1, 0.15) is 0 Å². The van der Waals surface area contributed by atoms with E-state index in [9.17, 15) is 5.11 Å². The zero-order valence-electron chi connectivity index (χ0n) is 12.7. The third-order valence-electron chi connectivity index (χ3n) is 3.72. The fourth-order valence-corrected chi connectivity index (χ4v) is 2.46. The largest absolute Gasteiger partial charge is 0.504 e. The topological polar surface area (TPSA) is 80.9 Å². The highest BCUT2D eigenvalue weighted by Crippen LogP contribution is 2.32. The monoisotopic (exact) mass is 320 g/mol. The number of fused-ring (bicyclic) bond motifs is 2. The molecule has 4 aromatic carbocycles. The van der Waals surface area contributed by atoms with Crippen molar-refractivity contribution >= 4 is 21.5 Å². The van der Waals surface area contributed by atoms with Crippen molar-refractivity contribution in [1.82, 2.24) is 0 Å². The van der Waals surface area contributed by atoms with Crippen LogP contribution in [0.25, 0.3) is 21.5 Å². The maximum absolute atomic E-state index is 9.41. The van der Waals surface area contributed by atoms with Gasteiger partial charge in [-0.1, -0.05) is 54.6 Å². The molecule has 0 fully saturated rings. The van der Waals surface area contributed by atoms with Crippen LogP contribution in [-0.4, -0.2) is 20.4 Å². The molecule has 4 heteroatoms. The highest BCUT2D eigenvalue weighted by Gasteiger charge is 2.02. The lowest BCUT2D eigenvalue weighted by Crippen LogP contribution is -1.73.